The first-order valence-corrected chi connectivity index (χ1v) is 8.46. The Hall–Kier alpha value is -2.95. The Morgan fingerprint density at radius 3 is 2.84 bits per heavy atom. The van der Waals surface area contributed by atoms with Crippen LogP contribution in [-0.2, 0) is 20.0 Å². The molecule has 5 nitrogen and oxygen atoms in total. The molecule has 2 aliphatic rings. The van der Waals surface area contributed by atoms with Gasteiger partial charge in [-0.05, 0) is 36.2 Å². The number of aromatic nitrogens is 1. The minimum absolute atomic E-state index is 0.0363. The van der Waals surface area contributed by atoms with Crippen molar-refractivity contribution in [3.63, 3.8) is 0 Å². The van der Waals surface area contributed by atoms with E-state index in [1.165, 1.54) is 22.2 Å². The van der Waals surface area contributed by atoms with Gasteiger partial charge in [0.05, 0.1) is 6.54 Å². The highest BCUT2D eigenvalue weighted by atomic mass is 16.7. The molecule has 126 valence electrons. The first kappa shape index (κ1) is 14.4. The minimum atomic E-state index is 0.0363. The molecule has 5 rings (SSSR count). The summed E-state index contributed by atoms with van der Waals surface area (Å²) in [6, 6.07) is 13.8. The Labute approximate surface area is 145 Å². The molecule has 0 N–H and O–H groups in total. The molecule has 25 heavy (non-hydrogen) atoms. The van der Waals surface area contributed by atoms with Gasteiger partial charge < -0.3 is 18.9 Å². The molecule has 0 unspecified atom stereocenters. The molecule has 0 spiro atoms. The third-order valence-electron chi connectivity index (χ3n) is 5.22. The third kappa shape index (κ3) is 2.12. The number of rotatable bonds is 1. The highest BCUT2D eigenvalue weighted by molar-refractivity contribution is 5.95. The van der Waals surface area contributed by atoms with E-state index in [9.17, 15) is 4.79 Å². The van der Waals surface area contributed by atoms with Gasteiger partial charge in [0.2, 0.25) is 6.79 Å². The van der Waals surface area contributed by atoms with Crippen LogP contribution in [0.5, 0.6) is 11.5 Å². The van der Waals surface area contributed by atoms with Gasteiger partial charge in [0, 0.05) is 35.8 Å². The number of ether oxygens (including phenoxy) is 2. The number of para-hydroxylation sites is 1. The Morgan fingerprint density at radius 2 is 1.92 bits per heavy atom. The average Bonchev–Trinajstić information content (AvgIpc) is 3.24. The molecule has 1 aromatic heterocycles. The van der Waals surface area contributed by atoms with E-state index in [-0.39, 0.29) is 12.7 Å². The quantitative estimate of drug-likeness (QED) is 0.687. The summed E-state index contributed by atoms with van der Waals surface area (Å²) >= 11 is 0. The summed E-state index contributed by atoms with van der Waals surface area (Å²) in [6.45, 7) is 1.58. The Morgan fingerprint density at radius 1 is 1.08 bits per heavy atom. The molecule has 0 saturated heterocycles. The van der Waals surface area contributed by atoms with E-state index < -0.39 is 0 Å². The van der Waals surface area contributed by atoms with E-state index in [4.69, 9.17) is 9.47 Å². The number of hydrogen-bond acceptors (Lipinski definition) is 3. The number of aryl methyl sites for hydroxylation is 1. The monoisotopic (exact) mass is 334 g/mol. The van der Waals surface area contributed by atoms with Gasteiger partial charge in [-0.2, -0.15) is 0 Å². The van der Waals surface area contributed by atoms with Crippen LogP contribution in [0, 0.1) is 0 Å². The van der Waals surface area contributed by atoms with Crippen LogP contribution in [-0.4, -0.2) is 28.7 Å². The van der Waals surface area contributed by atoms with Gasteiger partial charge in [-0.3, -0.25) is 4.79 Å². The zero-order valence-corrected chi connectivity index (χ0v) is 14.0. The predicted molar refractivity (Wildman–Crippen MR) is 93.9 cm³/mol. The van der Waals surface area contributed by atoms with Gasteiger partial charge in [0.25, 0.3) is 5.91 Å². The lowest BCUT2D eigenvalue weighted by molar-refractivity contribution is 0.0730. The summed E-state index contributed by atoms with van der Waals surface area (Å²) in [5, 5.41) is 1.30. The third-order valence-corrected chi connectivity index (χ3v) is 5.22. The lowest BCUT2D eigenvalue weighted by Crippen LogP contribution is -2.36. The first-order valence-electron chi connectivity index (χ1n) is 8.46. The molecule has 0 radical (unpaired) electrons. The van der Waals surface area contributed by atoms with Crippen molar-refractivity contribution in [2.24, 2.45) is 7.05 Å². The van der Waals surface area contributed by atoms with Crippen molar-refractivity contribution in [1.82, 2.24) is 9.47 Å². The van der Waals surface area contributed by atoms with Crippen molar-refractivity contribution >= 4 is 16.8 Å². The van der Waals surface area contributed by atoms with Gasteiger partial charge >= 0.3 is 0 Å². The zero-order chi connectivity index (χ0) is 17.0. The zero-order valence-electron chi connectivity index (χ0n) is 14.0. The number of hydrogen-bond donors (Lipinski definition) is 0. The maximum Gasteiger partial charge on any atom is 0.254 e. The van der Waals surface area contributed by atoms with E-state index in [0.717, 1.165) is 13.0 Å². The molecule has 5 heteroatoms. The average molecular weight is 334 g/mol. The number of carbonyl (C=O) groups is 1. The summed E-state index contributed by atoms with van der Waals surface area (Å²) in [5.41, 5.74) is 4.46. The normalized spacial score (nSPS) is 15.5. The fraction of sp³-hybridized carbons (Fsp3) is 0.250. The van der Waals surface area contributed by atoms with Crippen LogP contribution in [0.4, 0.5) is 0 Å². The SMILES string of the molecule is Cn1c2c(c3ccccc31)CCN(C(=O)c1ccc3c(c1)OCO3)C2. The Kier molecular flexibility index (Phi) is 3.04. The number of amides is 1. The first-order chi connectivity index (χ1) is 12.2. The molecule has 0 bridgehead atoms. The van der Waals surface area contributed by atoms with Crippen LogP contribution >= 0.6 is 0 Å². The molecule has 0 atom stereocenters. The van der Waals surface area contributed by atoms with E-state index in [2.05, 4.69) is 35.9 Å². The van der Waals surface area contributed by atoms with Gasteiger partial charge in [0.15, 0.2) is 11.5 Å². The number of nitrogens with zero attached hydrogens (tertiary/aromatic N) is 2. The molecule has 2 aliphatic heterocycles. The van der Waals surface area contributed by atoms with Gasteiger partial charge in [-0.15, -0.1) is 0 Å². The fourth-order valence-corrected chi connectivity index (χ4v) is 3.90. The van der Waals surface area contributed by atoms with Crippen molar-refractivity contribution in [3.8, 4) is 11.5 Å². The molecule has 2 aromatic carbocycles. The molecule has 0 fully saturated rings. The lowest BCUT2D eigenvalue weighted by atomic mass is 10.0. The van der Waals surface area contributed by atoms with Crippen molar-refractivity contribution in [2.45, 2.75) is 13.0 Å². The molecule has 3 aromatic rings. The van der Waals surface area contributed by atoms with Crippen LogP contribution in [0.2, 0.25) is 0 Å². The molecule has 1 amide bonds. The summed E-state index contributed by atoms with van der Waals surface area (Å²) < 4.78 is 12.9. The highest BCUT2D eigenvalue weighted by Gasteiger charge is 2.27. The summed E-state index contributed by atoms with van der Waals surface area (Å²) in [4.78, 5) is 14.9. The van der Waals surface area contributed by atoms with Gasteiger partial charge in [0.1, 0.15) is 0 Å². The van der Waals surface area contributed by atoms with Crippen LogP contribution in [0.25, 0.3) is 10.9 Å². The van der Waals surface area contributed by atoms with Crippen LogP contribution in [0.3, 0.4) is 0 Å². The summed E-state index contributed by atoms with van der Waals surface area (Å²) in [6.07, 6.45) is 0.882. The van der Waals surface area contributed by atoms with E-state index >= 15 is 0 Å². The smallest absolute Gasteiger partial charge is 0.254 e. The van der Waals surface area contributed by atoms with E-state index in [1.807, 2.05) is 17.0 Å². The van der Waals surface area contributed by atoms with E-state index in [1.54, 1.807) is 6.07 Å². The van der Waals surface area contributed by atoms with Crippen molar-refractivity contribution in [1.29, 1.82) is 0 Å². The van der Waals surface area contributed by atoms with Gasteiger partial charge in [-0.25, -0.2) is 0 Å². The largest absolute Gasteiger partial charge is 0.454 e. The predicted octanol–water partition coefficient (Wildman–Crippen LogP) is 3.11. The van der Waals surface area contributed by atoms with Crippen molar-refractivity contribution < 1.29 is 14.3 Å². The molecular weight excluding hydrogens is 316 g/mol. The summed E-state index contributed by atoms with van der Waals surface area (Å²) in [5.74, 6) is 1.38. The maximum atomic E-state index is 13.0. The molecule has 3 heterocycles. The topological polar surface area (TPSA) is 43.7 Å². The minimum Gasteiger partial charge on any atom is -0.454 e. The Balaban J connectivity index is 1.48. The molecule has 0 aliphatic carbocycles. The van der Waals surface area contributed by atoms with Crippen LogP contribution in [0.1, 0.15) is 21.6 Å². The second-order valence-corrected chi connectivity index (χ2v) is 6.55. The number of benzene rings is 2. The number of fused-ring (bicyclic) bond motifs is 4. The van der Waals surface area contributed by atoms with Crippen molar-refractivity contribution in [2.75, 3.05) is 13.3 Å². The highest BCUT2D eigenvalue weighted by Crippen LogP contribution is 2.34. The fourth-order valence-electron chi connectivity index (χ4n) is 3.90. The van der Waals surface area contributed by atoms with Gasteiger partial charge in [-0.1, -0.05) is 18.2 Å². The Bertz CT molecular complexity index is 1010. The maximum absolute atomic E-state index is 13.0. The molecule has 0 saturated carbocycles. The second kappa shape index (κ2) is 5.28. The standard InChI is InChI=1S/C20H18N2O3/c1-21-16-5-3-2-4-14(16)15-8-9-22(11-17(15)21)20(23)13-6-7-18-19(10-13)25-12-24-18/h2-7,10H,8-9,11-12H2,1H3. The number of carbonyl (C=O) groups excluding carboxylic acids is 1. The van der Waals surface area contributed by atoms with E-state index in [0.29, 0.717) is 23.6 Å². The van der Waals surface area contributed by atoms with Crippen LogP contribution in [0.15, 0.2) is 42.5 Å². The molecular formula is C20H18N2O3. The lowest BCUT2D eigenvalue weighted by Gasteiger charge is -2.28. The summed E-state index contributed by atoms with van der Waals surface area (Å²) in [7, 11) is 2.08. The van der Waals surface area contributed by atoms with Crippen molar-refractivity contribution in [3.05, 3.63) is 59.3 Å². The van der Waals surface area contributed by atoms with Crippen LogP contribution < -0.4 is 9.47 Å². The second-order valence-electron chi connectivity index (χ2n) is 6.55.